The van der Waals surface area contributed by atoms with Gasteiger partial charge in [-0.3, -0.25) is 4.79 Å². The molecule has 1 fully saturated rings. The highest BCUT2D eigenvalue weighted by molar-refractivity contribution is 6.33. The summed E-state index contributed by atoms with van der Waals surface area (Å²) in [5.41, 5.74) is 0.297. The predicted molar refractivity (Wildman–Crippen MR) is 83.7 cm³/mol. The van der Waals surface area contributed by atoms with Gasteiger partial charge in [0.15, 0.2) is 0 Å². The highest BCUT2D eigenvalue weighted by Crippen LogP contribution is 2.24. The summed E-state index contributed by atoms with van der Waals surface area (Å²) in [5, 5.41) is 13.1. The van der Waals surface area contributed by atoms with E-state index in [0.717, 1.165) is 19.4 Å². The minimum absolute atomic E-state index is 0.135. The minimum Gasteiger partial charge on any atom is -0.393 e. The van der Waals surface area contributed by atoms with E-state index in [1.807, 2.05) is 6.92 Å². The Morgan fingerprint density at radius 3 is 2.76 bits per heavy atom. The van der Waals surface area contributed by atoms with Crippen LogP contribution in [0.1, 0.15) is 37.2 Å². The number of anilines is 1. The van der Waals surface area contributed by atoms with Crippen LogP contribution < -0.4 is 5.32 Å². The molecule has 0 saturated carbocycles. The quantitative estimate of drug-likeness (QED) is 0.896. The molecule has 0 bridgehead atoms. The fourth-order valence-corrected chi connectivity index (χ4v) is 2.79. The third-order valence-electron chi connectivity index (χ3n) is 3.92. The van der Waals surface area contributed by atoms with E-state index in [0.29, 0.717) is 29.6 Å². The summed E-state index contributed by atoms with van der Waals surface area (Å²) in [5.74, 6) is 0.790. The van der Waals surface area contributed by atoms with E-state index in [1.165, 1.54) is 0 Å². The van der Waals surface area contributed by atoms with Crippen LogP contribution in [0.4, 0.5) is 5.82 Å². The lowest BCUT2D eigenvalue weighted by molar-refractivity contribution is 0.0517. The number of nitrogens with one attached hydrogen (secondary N) is 1. The first-order valence-electron chi connectivity index (χ1n) is 7.40. The van der Waals surface area contributed by atoms with Gasteiger partial charge in [-0.1, -0.05) is 11.6 Å². The fourth-order valence-electron chi connectivity index (χ4n) is 2.61. The number of hydrogen-bond donors (Lipinski definition) is 2. The highest BCUT2D eigenvalue weighted by atomic mass is 35.5. The van der Waals surface area contributed by atoms with Gasteiger partial charge in [0.25, 0.3) is 5.91 Å². The van der Waals surface area contributed by atoms with E-state index in [2.05, 4.69) is 10.3 Å². The molecule has 1 atom stereocenters. The van der Waals surface area contributed by atoms with Gasteiger partial charge < -0.3 is 15.3 Å². The van der Waals surface area contributed by atoms with Gasteiger partial charge in [0.1, 0.15) is 11.5 Å². The van der Waals surface area contributed by atoms with E-state index in [4.69, 9.17) is 11.6 Å². The zero-order valence-corrected chi connectivity index (χ0v) is 13.2. The van der Waals surface area contributed by atoms with Gasteiger partial charge >= 0.3 is 0 Å². The van der Waals surface area contributed by atoms with Crippen LogP contribution in [0.15, 0.2) is 12.1 Å². The Bertz CT molecular complexity index is 500. The number of aliphatic hydroxyl groups is 1. The SMILES string of the molecule is CCNc1ccc(Cl)c(C(=O)N2CCC(C(C)O)CC2)n1. The summed E-state index contributed by atoms with van der Waals surface area (Å²) in [6.45, 7) is 5.79. The molecule has 0 aromatic carbocycles. The third kappa shape index (κ3) is 3.86. The number of carbonyl (C=O) groups excluding carboxylic acids is 1. The molecular weight excluding hydrogens is 290 g/mol. The normalized spacial score (nSPS) is 17.6. The summed E-state index contributed by atoms with van der Waals surface area (Å²) < 4.78 is 0. The molecule has 0 spiro atoms. The lowest BCUT2D eigenvalue weighted by atomic mass is 9.92. The Kier molecular flexibility index (Phi) is 5.42. The number of likely N-dealkylation sites (tertiary alicyclic amines) is 1. The van der Waals surface area contributed by atoms with Crippen molar-refractivity contribution in [2.75, 3.05) is 25.0 Å². The number of aromatic nitrogens is 1. The smallest absolute Gasteiger partial charge is 0.274 e. The van der Waals surface area contributed by atoms with E-state index < -0.39 is 0 Å². The molecule has 2 N–H and O–H groups in total. The Labute approximate surface area is 130 Å². The standard InChI is InChI=1S/C15H22ClN3O2/c1-3-17-13-5-4-12(16)14(18-13)15(21)19-8-6-11(7-9-19)10(2)20/h4-5,10-11,20H,3,6-9H2,1-2H3,(H,17,18). The Balaban J connectivity index is 2.08. The summed E-state index contributed by atoms with van der Waals surface area (Å²) >= 11 is 6.11. The second-order valence-electron chi connectivity index (χ2n) is 5.43. The number of pyridine rings is 1. The van der Waals surface area contributed by atoms with Crippen molar-refractivity contribution in [3.05, 3.63) is 22.8 Å². The first kappa shape index (κ1) is 16.0. The van der Waals surface area contributed by atoms with Gasteiger partial charge in [-0.05, 0) is 44.7 Å². The molecule has 6 heteroatoms. The van der Waals surface area contributed by atoms with Gasteiger partial charge in [-0.15, -0.1) is 0 Å². The maximum Gasteiger partial charge on any atom is 0.274 e. The number of halogens is 1. The largest absolute Gasteiger partial charge is 0.393 e. The summed E-state index contributed by atoms with van der Waals surface area (Å²) in [7, 11) is 0. The van der Waals surface area contributed by atoms with E-state index in [1.54, 1.807) is 24.0 Å². The molecule has 116 valence electrons. The van der Waals surface area contributed by atoms with Crippen LogP contribution in [-0.2, 0) is 0 Å². The number of rotatable bonds is 4. The van der Waals surface area contributed by atoms with Gasteiger partial charge in [0, 0.05) is 19.6 Å². The lowest BCUT2D eigenvalue weighted by Crippen LogP contribution is -2.41. The van der Waals surface area contributed by atoms with E-state index >= 15 is 0 Å². The van der Waals surface area contributed by atoms with E-state index in [-0.39, 0.29) is 17.9 Å². The molecule has 2 rings (SSSR count). The first-order chi connectivity index (χ1) is 10.0. The lowest BCUT2D eigenvalue weighted by Gasteiger charge is -2.33. The molecule has 21 heavy (non-hydrogen) atoms. The molecule has 0 aliphatic carbocycles. The van der Waals surface area contributed by atoms with Crippen LogP contribution in [0.5, 0.6) is 0 Å². The topological polar surface area (TPSA) is 65.5 Å². The molecule has 2 heterocycles. The minimum atomic E-state index is -0.318. The number of nitrogens with zero attached hydrogens (tertiary/aromatic N) is 2. The molecular formula is C15H22ClN3O2. The van der Waals surface area contributed by atoms with Crippen molar-refractivity contribution in [3.63, 3.8) is 0 Å². The molecule has 1 aliphatic rings. The van der Waals surface area contributed by atoms with Gasteiger partial charge in [0.05, 0.1) is 11.1 Å². The van der Waals surface area contributed by atoms with Crippen LogP contribution in [0, 0.1) is 5.92 Å². The van der Waals surface area contributed by atoms with Crippen molar-refractivity contribution < 1.29 is 9.90 Å². The number of amides is 1. The maximum atomic E-state index is 12.5. The maximum absolute atomic E-state index is 12.5. The zero-order chi connectivity index (χ0) is 15.4. The summed E-state index contributed by atoms with van der Waals surface area (Å²) in [6, 6.07) is 3.46. The van der Waals surface area contributed by atoms with Crippen LogP contribution in [0.3, 0.4) is 0 Å². The van der Waals surface area contributed by atoms with Crippen LogP contribution in [0.25, 0.3) is 0 Å². The van der Waals surface area contributed by atoms with Crippen LogP contribution >= 0.6 is 11.6 Å². The number of hydrogen-bond acceptors (Lipinski definition) is 4. The van der Waals surface area contributed by atoms with Crippen molar-refractivity contribution in [2.45, 2.75) is 32.8 Å². The monoisotopic (exact) mass is 311 g/mol. The average Bonchev–Trinajstić information content (AvgIpc) is 2.49. The van der Waals surface area contributed by atoms with Gasteiger partial charge in [0.2, 0.25) is 0 Å². The van der Waals surface area contributed by atoms with Crippen molar-refractivity contribution in [1.29, 1.82) is 0 Å². The number of carbonyl (C=O) groups is 1. The summed E-state index contributed by atoms with van der Waals surface area (Å²) in [6.07, 6.45) is 1.31. The first-order valence-corrected chi connectivity index (χ1v) is 7.78. The second kappa shape index (κ2) is 7.09. The van der Waals surface area contributed by atoms with Crippen LogP contribution in [0.2, 0.25) is 5.02 Å². The van der Waals surface area contributed by atoms with Gasteiger partial charge in [-0.2, -0.15) is 0 Å². The number of aliphatic hydroxyl groups excluding tert-OH is 1. The zero-order valence-electron chi connectivity index (χ0n) is 12.5. The molecule has 5 nitrogen and oxygen atoms in total. The Morgan fingerprint density at radius 2 is 2.19 bits per heavy atom. The van der Waals surface area contributed by atoms with Crippen molar-refractivity contribution >= 4 is 23.3 Å². The molecule has 1 amide bonds. The van der Waals surface area contributed by atoms with Crippen molar-refractivity contribution in [1.82, 2.24) is 9.88 Å². The van der Waals surface area contributed by atoms with Crippen LogP contribution in [-0.4, -0.2) is 46.6 Å². The molecule has 1 aromatic rings. The molecule has 1 aromatic heterocycles. The van der Waals surface area contributed by atoms with E-state index in [9.17, 15) is 9.90 Å². The Morgan fingerprint density at radius 1 is 1.52 bits per heavy atom. The second-order valence-corrected chi connectivity index (χ2v) is 5.83. The van der Waals surface area contributed by atoms with Crippen molar-refractivity contribution in [2.24, 2.45) is 5.92 Å². The molecule has 0 radical (unpaired) electrons. The summed E-state index contributed by atoms with van der Waals surface area (Å²) in [4.78, 5) is 18.6. The Hall–Kier alpha value is -1.33. The fraction of sp³-hybridized carbons (Fsp3) is 0.600. The van der Waals surface area contributed by atoms with Gasteiger partial charge in [-0.25, -0.2) is 4.98 Å². The van der Waals surface area contributed by atoms with Crippen molar-refractivity contribution in [3.8, 4) is 0 Å². The average molecular weight is 312 g/mol. The number of piperidine rings is 1. The third-order valence-corrected chi connectivity index (χ3v) is 4.22. The molecule has 1 saturated heterocycles. The highest BCUT2D eigenvalue weighted by Gasteiger charge is 2.27. The molecule has 1 unspecified atom stereocenters. The predicted octanol–water partition coefficient (Wildman–Crippen LogP) is 2.40. The molecule has 1 aliphatic heterocycles.